The Morgan fingerprint density at radius 3 is 2.80 bits per heavy atom. The molecule has 5 nitrogen and oxygen atoms in total. The monoisotopic (exact) mass is 310 g/mol. The number of aromatic nitrogens is 2. The molecule has 0 atom stereocenters. The van der Waals surface area contributed by atoms with Crippen LogP contribution in [0, 0.1) is 6.92 Å². The van der Waals surface area contributed by atoms with Crippen molar-refractivity contribution in [1.29, 1.82) is 0 Å². The van der Waals surface area contributed by atoms with Crippen LogP contribution < -0.4 is 15.8 Å². The van der Waals surface area contributed by atoms with Crippen LogP contribution in [0.1, 0.15) is 11.4 Å². The first-order valence-electron chi connectivity index (χ1n) is 5.94. The van der Waals surface area contributed by atoms with Gasteiger partial charge in [-0.3, -0.25) is 4.68 Å². The molecule has 0 aliphatic rings. The third-order valence-electron chi connectivity index (χ3n) is 2.67. The number of aryl methyl sites for hydroxylation is 2. The largest absolute Gasteiger partial charge is 0.486 e. The van der Waals surface area contributed by atoms with Crippen LogP contribution in [0.3, 0.4) is 0 Å². The van der Waals surface area contributed by atoms with E-state index in [9.17, 15) is 0 Å². The number of nitrogens with one attached hydrogen (secondary N) is 1. The highest BCUT2D eigenvalue weighted by atomic mass is 35.5. The Morgan fingerprint density at radius 1 is 1.50 bits per heavy atom. The minimum Gasteiger partial charge on any atom is -0.486 e. The Balaban J connectivity index is 2.06. The van der Waals surface area contributed by atoms with E-state index in [1.807, 2.05) is 20.0 Å². The zero-order valence-corrected chi connectivity index (χ0v) is 12.8. The normalized spacial score (nSPS) is 10.3. The number of hydrogen-bond donors (Lipinski definition) is 2. The van der Waals surface area contributed by atoms with Crippen LogP contribution in [-0.4, -0.2) is 14.9 Å². The van der Waals surface area contributed by atoms with Crippen LogP contribution in [-0.2, 0) is 13.7 Å². The highest BCUT2D eigenvalue weighted by Crippen LogP contribution is 2.28. The van der Waals surface area contributed by atoms with E-state index in [2.05, 4.69) is 10.4 Å². The predicted molar refractivity (Wildman–Crippen MR) is 84.1 cm³/mol. The summed E-state index contributed by atoms with van der Waals surface area (Å²) in [5, 5.41) is 7.76. The molecule has 0 radical (unpaired) electrons. The van der Waals surface area contributed by atoms with Gasteiger partial charge in [-0.25, -0.2) is 0 Å². The first-order valence-corrected chi connectivity index (χ1v) is 6.72. The number of nitrogens with two attached hydrogens (primary N) is 1. The lowest BCUT2D eigenvalue weighted by molar-refractivity contribution is 0.295. The molecule has 20 heavy (non-hydrogen) atoms. The maximum absolute atomic E-state index is 6.15. The lowest BCUT2D eigenvalue weighted by Gasteiger charge is -2.10. The van der Waals surface area contributed by atoms with Crippen molar-refractivity contribution in [3.05, 3.63) is 40.7 Å². The van der Waals surface area contributed by atoms with E-state index in [-0.39, 0.29) is 5.11 Å². The van der Waals surface area contributed by atoms with E-state index in [0.717, 1.165) is 17.1 Å². The van der Waals surface area contributed by atoms with E-state index in [4.69, 9.17) is 34.3 Å². The number of thiocarbonyl (C=S) groups is 1. The number of ether oxygens (including phenoxy) is 1. The van der Waals surface area contributed by atoms with Crippen molar-refractivity contribution < 1.29 is 4.74 Å². The van der Waals surface area contributed by atoms with Gasteiger partial charge in [0.1, 0.15) is 12.4 Å². The Labute approximate surface area is 127 Å². The molecule has 2 rings (SSSR count). The number of halogens is 1. The van der Waals surface area contributed by atoms with Crippen molar-refractivity contribution in [2.45, 2.75) is 13.5 Å². The van der Waals surface area contributed by atoms with Crippen molar-refractivity contribution in [3.8, 4) is 5.75 Å². The molecule has 0 bridgehead atoms. The van der Waals surface area contributed by atoms with Gasteiger partial charge in [-0.05, 0) is 43.4 Å². The Kier molecular flexibility index (Phi) is 4.46. The standard InChI is InChI=1S/C13H15ClN4OS/c1-8-5-10(18(2)17-8)7-19-12-4-3-9(6-11(12)14)16-13(15)20/h3-6H,7H2,1-2H3,(H3,15,16,20). The second-order valence-corrected chi connectivity index (χ2v) is 5.17. The van der Waals surface area contributed by atoms with Crippen molar-refractivity contribution in [1.82, 2.24) is 9.78 Å². The van der Waals surface area contributed by atoms with E-state index in [1.54, 1.807) is 22.9 Å². The Hall–Kier alpha value is -1.79. The topological polar surface area (TPSA) is 65.1 Å². The van der Waals surface area contributed by atoms with Gasteiger partial charge in [0.15, 0.2) is 5.11 Å². The van der Waals surface area contributed by atoms with Crippen LogP contribution >= 0.6 is 23.8 Å². The van der Waals surface area contributed by atoms with Crippen LogP contribution in [0.15, 0.2) is 24.3 Å². The molecule has 0 amide bonds. The fraction of sp³-hybridized carbons (Fsp3) is 0.231. The van der Waals surface area contributed by atoms with Gasteiger partial charge in [-0.15, -0.1) is 0 Å². The van der Waals surface area contributed by atoms with Gasteiger partial charge in [0.2, 0.25) is 0 Å². The number of hydrogen-bond acceptors (Lipinski definition) is 3. The summed E-state index contributed by atoms with van der Waals surface area (Å²) in [7, 11) is 1.88. The second kappa shape index (κ2) is 6.11. The summed E-state index contributed by atoms with van der Waals surface area (Å²) < 4.78 is 7.48. The van der Waals surface area contributed by atoms with Gasteiger partial charge in [0.25, 0.3) is 0 Å². The zero-order valence-electron chi connectivity index (χ0n) is 11.2. The SMILES string of the molecule is Cc1cc(COc2ccc(NC(N)=S)cc2Cl)n(C)n1. The highest BCUT2D eigenvalue weighted by molar-refractivity contribution is 7.80. The summed E-state index contributed by atoms with van der Waals surface area (Å²) in [6.07, 6.45) is 0. The maximum Gasteiger partial charge on any atom is 0.168 e. The van der Waals surface area contributed by atoms with Crippen LogP contribution in [0.5, 0.6) is 5.75 Å². The van der Waals surface area contributed by atoms with E-state index >= 15 is 0 Å². The third-order valence-corrected chi connectivity index (χ3v) is 3.07. The molecule has 0 spiro atoms. The summed E-state index contributed by atoms with van der Waals surface area (Å²) in [5.74, 6) is 0.596. The Bertz CT molecular complexity index is 641. The van der Waals surface area contributed by atoms with Crippen molar-refractivity contribution in [2.24, 2.45) is 12.8 Å². The van der Waals surface area contributed by atoms with Gasteiger partial charge < -0.3 is 15.8 Å². The molecule has 1 heterocycles. The van der Waals surface area contributed by atoms with E-state index < -0.39 is 0 Å². The molecule has 7 heteroatoms. The maximum atomic E-state index is 6.15. The van der Waals surface area contributed by atoms with Crippen LogP contribution in [0.25, 0.3) is 0 Å². The quantitative estimate of drug-likeness (QED) is 0.850. The van der Waals surface area contributed by atoms with Crippen LogP contribution in [0.4, 0.5) is 5.69 Å². The molecule has 1 aromatic heterocycles. The molecule has 1 aromatic carbocycles. The average molecular weight is 311 g/mol. The lowest BCUT2D eigenvalue weighted by atomic mass is 10.3. The van der Waals surface area contributed by atoms with Crippen molar-refractivity contribution in [3.63, 3.8) is 0 Å². The third kappa shape index (κ3) is 3.61. The zero-order chi connectivity index (χ0) is 14.7. The van der Waals surface area contributed by atoms with E-state index in [1.165, 1.54) is 0 Å². The molecule has 0 unspecified atom stereocenters. The fourth-order valence-electron chi connectivity index (χ4n) is 1.79. The molecule has 0 saturated heterocycles. The molecular weight excluding hydrogens is 296 g/mol. The molecule has 3 N–H and O–H groups in total. The summed E-state index contributed by atoms with van der Waals surface area (Å²) in [6.45, 7) is 2.34. The predicted octanol–water partition coefficient (Wildman–Crippen LogP) is 2.62. The smallest absolute Gasteiger partial charge is 0.168 e. The lowest BCUT2D eigenvalue weighted by Crippen LogP contribution is -2.18. The summed E-state index contributed by atoms with van der Waals surface area (Å²) in [4.78, 5) is 0. The highest BCUT2D eigenvalue weighted by Gasteiger charge is 2.07. The molecule has 0 aliphatic carbocycles. The van der Waals surface area contributed by atoms with Crippen molar-refractivity contribution >= 4 is 34.6 Å². The molecular formula is C13H15ClN4OS. The molecule has 106 valence electrons. The van der Waals surface area contributed by atoms with E-state index in [0.29, 0.717) is 17.4 Å². The van der Waals surface area contributed by atoms with Gasteiger partial charge in [-0.1, -0.05) is 11.6 Å². The second-order valence-electron chi connectivity index (χ2n) is 4.32. The average Bonchev–Trinajstić information content (AvgIpc) is 2.66. The first-order chi connectivity index (χ1) is 9.45. The molecule has 0 fully saturated rings. The minimum absolute atomic E-state index is 0.195. The van der Waals surface area contributed by atoms with Crippen LogP contribution in [0.2, 0.25) is 5.02 Å². The molecule has 0 saturated carbocycles. The number of rotatable bonds is 4. The summed E-state index contributed by atoms with van der Waals surface area (Å²) in [6, 6.07) is 7.25. The summed E-state index contributed by atoms with van der Waals surface area (Å²) in [5.41, 5.74) is 8.06. The van der Waals surface area contributed by atoms with Gasteiger partial charge in [0.05, 0.1) is 16.4 Å². The fourth-order valence-corrected chi connectivity index (χ4v) is 2.14. The van der Waals surface area contributed by atoms with Gasteiger partial charge in [0, 0.05) is 12.7 Å². The number of benzene rings is 1. The first kappa shape index (κ1) is 14.6. The van der Waals surface area contributed by atoms with Gasteiger partial charge >= 0.3 is 0 Å². The number of nitrogens with zero attached hydrogens (tertiary/aromatic N) is 2. The minimum atomic E-state index is 0.195. The molecule has 0 aliphatic heterocycles. The molecule has 2 aromatic rings. The van der Waals surface area contributed by atoms with Gasteiger partial charge in [-0.2, -0.15) is 5.10 Å². The Morgan fingerprint density at radius 2 is 2.25 bits per heavy atom. The summed E-state index contributed by atoms with van der Waals surface area (Å²) >= 11 is 10.9. The number of anilines is 1. The van der Waals surface area contributed by atoms with Crippen molar-refractivity contribution in [2.75, 3.05) is 5.32 Å².